The van der Waals surface area contributed by atoms with Crippen LogP contribution in [0.3, 0.4) is 0 Å². The number of hydrogen-bond acceptors (Lipinski definition) is 4. The molecule has 0 saturated heterocycles. The van der Waals surface area contributed by atoms with Crippen LogP contribution in [0, 0.1) is 0 Å². The summed E-state index contributed by atoms with van der Waals surface area (Å²) in [5, 5.41) is 0. The second kappa shape index (κ2) is 10.4. The molecule has 0 aromatic heterocycles. The fourth-order valence-electron chi connectivity index (χ4n) is 2.54. The van der Waals surface area contributed by atoms with Crippen LogP contribution in [0.15, 0.2) is 0 Å². The van der Waals surface area contributed by atoms with E-state index in [4.69, 9.17) is 16.2 Å². The smallest absolute Gasteiger partial charge is 0.460 e. The van der Waals surface area contributed by atoms with Crippen molar-refractivity contribution in [3.8, 4) is 0 Å². The third kappa shape index (κ3) is 5.16. The highest BCUT2D eigenvalue weighted by Crippen LogP contribution is 2.66. The van der Waals surface area contributed by atoms with Crippen LogP contribution in [0.25, 0.3) is 0 Å². The Hall–Kier alpha value is -1.59. The Labute approximate surface area is 208 Å². The van der Waals surface area contributed by atoms with Crippen molar-refractivity contribution in [1.82, 2.24) is 0 Å². The van der Waals surface area contributed by atoms with Crippen LogP contribution in [0.5, 0.6) is 0 Å². The summed E-state index contributed by atoms with van der Waals surface area (Å²) in [4.78, 5) is 11.9. The molecule has 0 aliphatic rings. The molecular weight excluding hydrogens is 658 g/mol. The van der Waals surface area contributed by atoms with Gasteiger partial charge in [0.05, 0.1) is 6.61 Å². The van der Waals surface area contributed by atoms with Gasteiger partial charge in [-0.25, -0.2) is 4.79 Å². The van der Waals surface area contributed by atoms with Crippen LogP contribution in [0.1, 0.15) is 12.8 Å². The lowest BCUT2D eigenvalue weighted by atomic mass is 9.81. The topological polar surface area (TPSA) is 80.7 Å². The average molecular weight is 667 g/mol. The molecule has 0 saturated carbocycles. The van der Waals surface area contributed by atoms with Crippen LogP contribution < -0.4 is 0 Å². The van der Waals surface area contributed by atoms with Crippen molar-refractivity contribution >= 4 is 27.7 Å². The number of esters is 1. The number of hydrogen-bond donors (Lipinski definition) is 1. The molecule has 234 valence electrons. The minimum absolute atomic E-state index is 0.570. The van der Waals surface area contributed by atoms with Gasteiger partial charge >= 0.3 is 58.6 Å². The van der Waals surface area contributed by atoms with Gasteiger partial charge in [-0.2, -0.15) is 87.4 Å². The van der Waals surface area contributed by atoms with Crippen LogP contribution in [-0.2, 0) is 19.6 Å². The van der Waals surface area contributed by atoms with Crippen LogP contribution in [0.4, 0.5) is 79.0 Å². The molecule has 0 aromatic carbocycles. The summed E-state index contributed by atoms with van der Waals surface area (Å²) in [6.07, 6.45) is -17.8. The van der Waals surface area contributed by atoms with Gasteiger partial charge in [0, 0.05) is 5.88 Å². The van der Waals surface area contributed by atoms with Crippen molar-refractivity contribution in [3.05, 3.63) is 0 Å². The summed E-state index contributed by atoms with van der Waals surface area (Å²) in [7, 11) is -8.92. The Morgan fingerprint density at radius 3 is 1.13 bits per heavy atom. The Kier molecular flexibility index (Phi) is 9.93. The lowest BCUT2D eigenvalue weighted by molar-refractivity contribution is -0.428. The van der Waals surface area contributed by atoms with Crippen molar-refractivity contribution in [2.45, 2.75) is 65.5 Å². The minimum atomic E-state index is -9.04. The molecular formula is C14H9ClF18O5S. The van der Waals surface area contributed by atoms with Gasteiger partial charge in [0.2, 0.25) is 0 Å². The first-order valence-electron chi connectivity index (χ1n) is 8.84. The monoisotopic (exact) mass is 666 g/mol. The van der Waals surface area contributed by atoms with Gasteiger partial charge in [0.1, 0.15) is 0 Å². The number of ether oxygens (including phenoxy) is 1. The van der Waals surface area contributed by atoms with Crippen molar-refractivity contribution in [2.24, 2.45) is 0 Å². The van der Waals surface area contributed by atoms with Crippen molar-refractivity contribution < 1.29 is 102 Å². The van der Waals surface area contributed by atoms with Gasteiger partial charge in [0.25, 0.3) is 10.1 Å². The van der Waals surface area contributed by atoms with E-state index >= 15 is 0 Å². The maximum Gasteiger partial charge on any atom is 0.460 e. The van der Waals surface area contributed by atoms with E-state index in [1.54, 1.807) is 0 Å². The number of halogens is 19. The highest BCUT2D eigenvalue weighted by Gasteiger charge is 3.00. The summed E-state index contributed by atoms with van der Waals surface area (Å²) in [6.45, 7) is -1.95. The molecule has 0 aliphatic heterocycles. The highest BCUT2D eigenvalue weighted by atomic mass is 35.5. The molecule has 25 heteroatoms. The molecule has 0 atom stereocenters. The second-order valence-corrected chi connectivity index (χ2v) is 9.07. The summed E-state index contributed by atoms with van der Waals surface area (Å²) in [5.74, 6) is -58.3. The van der Waals surface area contributed by atoms with Crippen LogP contribution in [-0.4, -0.2) is 84.1 Å². The molecule has 0 spiro atoms. The first-order valence-corrected chi connectivity index (χ1v) is 10.8. The van der Waals surface area contributed by atoms with Gasteiger partial charge in [0.15, 0.2) is 0 Å². The number of unbranched alkanes of at least 4 members (excludes halogenated alkanes) is 1. The maximum atomic E-state index is 14.6. The minimum Gasteiger partial charge on any atom is -0.464 e. The van der Waals surface area contributed by atoms with E-state index in [1.807, 2.05) is 0 Å². The molecule has 0 bridgehead atoms. The van der Waals surface area contributed by atoms with E-state index in [2.05, 4.69) is 4.74 Å². The predicted molar refractivity (Wildman–Crippen MR) is 87.0 cm³/mol. The number of carbonyl (C=O) groups excluding carboxylic acids is 1. The van der Waals surface area contributed by atoms with Crippen molar-refractivity contribution in [1.29, 1.82) is 0 Å². The lowest BCUT2D eigenvalue weighted by Crippen LogP contribution is -2.83. The van der Waals surface area contributed by atoms with E-state index in [-0.39, 0.29) is 0 Å². The average Bonchev–Trinajstić information content (AvgIpc) is 2.67. The third-order valence-corrected chi connectivity index (χ3v) is 6.33. The standard InChI is InChI=1S/C14H9ClF18O5S/c15-3-1-2-4-38-5(34)6(39(35,36)37,7(16,17)9(20,21)11(24,25)13(28,29)30)8(18,19)10(22,23)12(26,27)14(31,32)33/h1-4H2,(H,35,36,37). The zero-order valence-electron chi connectivity index (χ0n) is 17.5. The molecule has 0 aromatic rings. The molecule has 0 rings (SSSR count). The first kappa shape index (κ1) is 37.4. The molecule has 0 amide bonds. The van der Waals surface area contributed by atoms with Gasteiger partial charge in [-0.15, -0.1) is 11.6 Å². The van der Waals surface area contributed by atoms with Gasteiger partial charge < -0.3 is 4.74 Å². The Morgan fingerprint density at radius 1 is 0.590 bits per heavy atom. The van der Waals surface area contributed by atoms with E-state index in [0.717, 1.165) is 0 Å². The predicted octanol–water partition coefficient (Wildman–Crippen LogP) is 6.11. The number of alkyl halides is 19. The van der Waals surface area contributed by atoms with Crippen molar-refractivity contribution in [3.63, 3.8) is 0 Å². The largest absolute Gasteiger partial charge is 0.464 e. The molecule has 0 unspecified atom stereocenters. The zero-order chi connectivity index (χ0) is 32.1. The molecule has 0 fully saturated rings. The Bertz CT molecular complexity index is 953. The molecule has 0 radical (unpaired) electrons. The quantitative estimate of drug-likeness (QED) is 0.0895. The molecule has 0 aliphatic carbocycles. The van der Waals surface area contributed by atoms with Crippen LogP contribution >= 0.6 is 11.6 Å². The Balaban J connectivity index is 8.18. The number of rotatable bonds is 12. The molecule has 5 nitrogen and oxygen atoms in total. The SMILES string of the molecule is O=C(OCCCCCl)C(C(F)(F)C(F)(F)C(F)(F)C(F)(F)F)(C(F)(F)C(F)(F)C(F)(F)C(F)(F)F)S(=O)(=O)O. The lowest BCUT2D eigenvalue weighted by Gasteiger charge is -2.47. The summed E-state index contributed by atoms with van der Waals surface area (Å²) in [5.41, 5.74) is 0. The highest BCUT2D eigenvalue weighted by molar-refractivity contribution is 7.88. The Morgan fingerprint density at radius 2 is 0.897 bits per heavy atom. The molecule has 1 N–H and O–H groups in total. The summed E-state index contributed by atoms with van der Waals surface area (Å²) >= 11 is 5.04. The van der Waals surface area contributed by atoms with Crippen LogP contribution in [0.2, 0.25) is 0 Å². The maximum absolute atomic E-state index is 14.6. The van der Waals surface area contributed by atoms with E-state index in [0.29, 0.717) is 0 Å². The summed E-state index contributed by atoms with van der Waals surface area (Å²) in [6, 6.07) is 0. The molecule has 39 heavy (non-hydrogen) atoms. The zero-order valence-corrected chi connectivity index (χ0v) is 19.1. The second-order valence-electron chi connectivity index (χ2n) is 7.13. The van der Waals surface area contributed by atoms with E-state index < -0.39 is 94.1 Å². The van der Waals surface area contributed by atoms with Gasteiger partial charge in [-0.1, -0.05) is 0 Å². The fourth-order valence-corrected chi connectivity index (χ4v) is 3.90. The summed E-state index contributed by atoms with van der Waals surface area (Å²) < 4.78 is 268. The first-order chi connectivity index (χ1) is 16.7. The third-order valence-electron chi connectivity index (χ3n) is 4.61. The fraction of sp³-hybridized carbons (Fsp3) is 0.929. The molecule has 0 heterocycles. The number of carbonyl (C=O) groups is 1. The van der Waals surface area contributed by atoms with Crippen molar-refractivity contribution in [2.75, 3.05) is 12.5 Å². The van der Waals surface area contributed by atoms with E-state index in [1.165, 1.54) is 0 Å². The normalized spacial score (nSPS) is 15.9. The van der Waals surface area contributed by atoms with E-state index in [9.17, 15) is 92.2 Å². The van der Waals surface area contributed by atoms with Gasteiger partial charge in [-0.05, 0) is 12.8 Å². The van der Waals surface area contributed by atoms with Gasteiger partial charge in [-0.3, -0.25) is 4.55 Å².